The van der Waals surface area contributed by atoms with Gasteiger partial charge in [0, 0.05) is 24.8 Å². The van der Waals surface area contributed by atoms with Gasteiger partial charge in [0.1, 0.15) is 11.3 Å². The first-order valence-corrected chi connectivity index (χ1v) is 22.4. The first-order valence-electron chi connectivity index (χ1n) is 19.5. The number of ketones is 2. The van der Waals surface area contributed by atoms with Crippen molar-refractivity contribution in [1.29, 1.82) is 0 Å². The lowest BCUT2D eigenvalue weighted by Crippen LogP contribution is -2.50. The van der Waals surface area contributed by atoms with Gasteiger partial charge in [0.15, 0.2) is 25.5 Å². The molecule has 0 bridgehead atoms. The molecule has 50 heavy (non-hydrogen) atoms. The molecule has 2 aliphatic heterocycles. The van der Waals surface area contributed by atoms with Crippen molar-refractivity contribution in [2.24, 2.45) is 34.5 Å². The molecule has 8 heteroatoms. The molecule has 0 radical (unpaired) electrons. The van der Waals surface area contributed by atoms with Gasteiger partial charge in [-0.2, -0.15) is 0 Å². The Morgan fingerprint density at radius 2 is 1.30 bits per heavy atom. The average molecular weight is 717 g/mol. The number of ether oxygens (including phenoxy) is 3. The Bertz CT molecular complexity index is 1370. The highest BCUT2D eigenvalue weighted by molar-refractivity contribution is 6.74. The number of hydrogen-bond acceptors (Lipinski definition) is 7. The van der Waals surface area contributed by atoms with E-state index < -0.39 is 31.1 Å². The fourth-order valence-electron chi connectivity index (χ4n) is 9.28. The van der Waals surface area contributed by atoms with E-state index in [0.29, 0.717) is 34.9 Å². The number of carbonyl (C=O) groups is 3. The second kappa shape index (κ2) is 14.6. The van der Waals surface area contributed by atoms with Gasteiger partial charge in [0.25, 0.3) is 0 Å². The molecule has 2 aliphatic carbocycles. The highest BCUT2D eigenvalue weighted by Crippen LogP contribution is 2.57. The van der Waals surface area contributed by atoms with Gasteiger partial charge in [-0.25, -0.2) is 4.79 Å². The summed E-state index contributed by atoms with van der Waals surface area (Å²) in [7, 11) is -2.09. The zero-order valence-electron chi connectivity index (χ0n) is 35.1. The summed E-state index contributed by atoms with van der Waals surface area (Å²) in [5.74, 6) is 0.562. The number of carbonyl (C=O) groups excluding carboxylic acids is 3. The van der Waals surface area contributed by atoms with Crippen LogP contribution in [0.3, 0.4) is 0 Å². The Morgan fingerprint density at radius 3 is 1.74 bits per heavy atom. The number of rotatable bonds is 10. The maximum atomic E-state index is 14.1. The van der Waals surface area contributed by atoms with Gasteiger partial charge < -0.3 is 18.6 Å². The number of fused-ring (bicyclic) bond motifs is 1. The molecule has 5 atom stereocenters. The van der Waals surface area contributed by atoms with Gasteiger partial charge >= 0.3 is 5.97 Å². The second-order valence-electron chi connectivity index (χ2n) is 18.9. The van der Waals surface area contributed by atoms with E-state index in [2.05, 4.69) is 89.3 Å². The van der Waals surface area contributed by atoms with Crippen LogP contribution in [0, 0.1) is 34.5 Å². The van der Waals surface area contributed by atoms with Gasteiger partial charge in [0.2, 0.25) is 5.79 Å². The standard InChI is InChI=1S/C28H48O5Si.C14H24O2/c1-14-19(15-2)20-16-21(33-34(12,13)26(5,6)7)17(3)23(27(20,8)9)24(29)22-18(4)31-28(10,11)32-25(22)30;1-6-9(7-2)10-8-11-14(5,16-11)12(15)13(10,3)4/h19-21H,14-16H2,1-13H3;9-11H,6-8H2,1-5H3/t20-,21-;10-,11-,14-/m00/s1. The van der Waals surface area contributed by atoms with E-state index in [-0.39, 0.29) is 39.9 Å². The molecule has 4 aliphatic rings. The van der Waals surface area contributed by atoms with Crippen molar-refractivity contribution in [1.82, 2.24) is 0 Å². The molecular weight excluding hydrogens is 645 g/mol. The predicted molar refractivity (Wildman–Crippen MR) is 204 cm³/mol. The summed E-state index contributed by atoms with van der Waals surface area (Å²) < 4.78 is 23.8. The molecule has 0 aromatic rings. The molecule has 0 aromatic carbocycles. The lowest BCUT2D eigenvalue weighted by atomic mass is 9.58. The Balaban J connectivity index is 0.000000349. The predicted octanol–water partition coefficient (Wildman–Crippen LogP) is 10.5. The minimum absolute atomic E-state index is 0.0121. The van der Waals surface area contributed by atoms with Crippen molar-refractivity contribution < 1.29 is 33.0 Å². The van der Waals surface area contributed by atoms with E-state index in [1.807, 2.05) is 13.8 Å². The zero-order valence-corrected chi connectivity index (χ0v) is 36.1. The molecule has 1 saturated carbocycles. The van der Waals surface area contributed by atoms with E-state index in [1.165, 1.54) is 12.8 Å². The summed E-state index contributed by atoms with van der Waals surface area (Å²) in [4.78, 5) is 39.5. The van der Waals surface area contributed by atoms with Gasteiger partial charge in [-0.1, -0.05) is 102 Å². The van der Waals surface area contributed by atoms with E-state index in [4.69, 9.17) is 18.6 Å². The number of Topliss-reactive ketones (excluding diaryl/α,β-unsaturated/α-hetero) is 2. The largest absolute Gasteiger partial charge is 0.456 e. The van der Waals surface area contributed by atoms with Crippen LogP contribution < -0.4 is 0 Å². The second-order valence-corrected chi connectivity index (χ2v) is 23.7. The summed E-state index contributed by atoms with van der Waals surface area (Å²) >= 11 is 0. The number of esters is 1. The molecule has 0 unspecified atom stereocenters. The van der Waals surface area contributed by atoms with E-state index in [9.17, 15) is 14.4 Å². The minimum Gasteiger partial charge on any atom is -0.456 e. The first-order chi connectivity index (χ1) is 22.7. The summed E-state index contributed by atoms with van der Waals surface area (Å²) in [5.41, 5.74) is 0.586. The monoisotopic (exact) mass is 717 g/mol. The van der Waals surface area contributed by atoms with Crippen LogP contribution in [0.4, 0.5) is 0 Å². The van der Waals surface area contributed by atoms with Crippen LogP contribution in [0.15, 0.2) is 22.5 Å². The summed E-state index contributed by atoms with van der Waals surface area (Å²) in [6.07, 6.45) is 6.44. The van der Waals surface area contributed by atoms with Crippen molar-refractivity contribution in [2.75, 3.05) is 0 Å². The molecule has 2 heterocycles. The Hall–Kier alpha value is -1.77. The van der Waals surface area contributed by atoms with Crippen molar-refractivity contribution in [3.05, 3.63) is 22.5 Å². The lowest BCUT2D eigenvalue weighted by Gasteiger charge is -2.50. The molecule has 1 saturated heterocycles. The van der Waals surface area contributed by atoms with Crippen molar-refractivity contribution in [3.8, 4) is 0 Å². The third-order valence-electron chi connectivity index (χ3n) is 13.5. The molecular formula is C42H72O7Si. The summed E-state index contributed by atoms with van der Waals surface area (Å²) in [5, 5.41) is 0.0561. The number of cyclic esters (lactones) is 1. The van der Waals surface area contributed by atoms with Crippen molar-refractivity contribution >= 4 is 25.9 Å². The Morgan fingerprint density at radius 1 is 0.820 bits per heavy atom. The van der Waals surface area contributed by atoms with E-state index in [1.54, 1.807) is 20.8 Å². The minimum atomic E-state index is -2.09. The Kier molecular flexibility index (Phi) is 12.4. The Labute approximate surface area is 306 Å². The average Bonchev–Trinajstić information content (AvgIpc) is 3.64. The van der Waals surface area contributed by atoms with Crippen LogP contribution >= 0.6 is 0 Å². The SMILES string of the molecule is CCC(CC)[C@@H]1C[C@@H]2O[C@]2(C)C(=O)C1(C)C.CCC(CC)[C@@H]1C[C@H](O[Si](C)(C)C(C)(C)C)C(C)=C(C(=O)C2=C(C)OC(C)(C)OC2=O)C1(C)C. The molecule has 7 nitrogen and oxygen atoms in total. The number of allylic oxidation sites excluding steroid dienone is 2. The van der Waals surface area contributed by atoms with Crippen molar-refractivity contribution in [3.63, 3.8) is 0 Å². The van der Waals surface area contributed by atoms with Crippen LogP contribution in [0.1, 0.15) is 149 Å². The molecule has 286 valence electrons. The van der Waals surface area contributed by atoms with E-state index in [0.717, 1.165) is 31.3 Å². The van der Waals surface area contributed by atoms with Gasteiger partial charge in [-0.05, 0) is 86.4 Å². The van der Waals surface area contributed by atoms with Crippen LogP contribution in [0.25, 0.3) is 0 Å². The van der Waals surface area contributed by atoms with Crippen LogP contribution in [-0.2, 0) is 33.0 Å². The topological polar surface area (TPSA) is 91.4 Å². The fraction of sp³-hybridized carbons (Fsp3) is 0.833. The zero-order chi connectivity index (χ0) is 38.6. The quantitative estimate of drug-likeness (QED) is 0.0962. The molecule has 0 aromatic heterocycles. The van der Waals surface area contributed by atoms with Crippen LogP contribution in [0.5, 0.6) is 0 Å². The third kappa shape index (κ3) is 7.93. The molecule has 4 rings (SSSR count). The fourth-order valence-corrected chi connectivity index (χ4v) is 10.6. The normalized spacial score (nSPS) is 30.4. The highest BCUT2D eigenvalue weighted by Gasteiger charge is 2.67. The third-order valence-corrected chi connectivity index (χ3v) is 18.0. The first kappa shape index (κ1) is 42.6. The molecule has 0 spiro atoms. The summed E-state index contributed by atoms with van der Waals surface area (Å²) in [6, 6.07) is 0. The van der Waals surface area contributed by atoms with Gasteiger partial charge in [0.05, 0.1) is 12.2 Å². The van der Waals surface area contributed by atoms with Gasteiger partial charge in [-0.15, -0.1) is 0 Å². The lowest BCUT2D eigenvalue weighted by molar-refractivity contribution is -0.207. The molecule has 2 fully saturated rings. The van der Waals surface area contributed by atoms with Gasteiger partial charge in [-0.3, -0.25) is 9.59 Å². The van der Waals surface area contributed by atoms with Crippen LogP contribution in [-0.4, -0.2) is 49.4 Å². The highest BCUT2D eigenvalue weighted by atomic mass is 28.4. The molecule has 0 amide bonds. The summed E-state index contributed by atoms with van der Waals surface area (Å²) in [6.45, 7) is 37.7. The maximum Gasteiger partial charge on any atom is 0.348 e. The smallest absolute Gasteiger partial charge is 0.348 e. The van der Waals surface area contributed by atoms with Crippen LogP contribution in [0.2, 0.25) is 18.1 Å². The van der Waals surface area contributed by atoms with E-state index >= 15 is 0 Å². The number of hydrogen-bond donors (Lipinski definition) is 0. The van der Waals surface area contributed by atoms with Crippen molar-refractivity contribution in [2.45, 2.75) is 191 Å². The maximum absolute atomic E-state index is 14.1. The number of epoxide rings is 1. The molecule has 0 N–H and O–H groups in total.